The van der Waals surface area contributed by atoms with E-state index in [0.717, 1.165) is 24.2 Å². The normalized spacial score (nSPS) is 18.9. The van der Waals surface area contributed by atoms with Gasteiger partial charge in [0.05, 0.1) is 7.11 Å². The van der Waals surface area contributed by atoms with Gasteiger partial charge in [-0.2, -0.15) is 0 Å². The fraction of sp³-hybridized carbons (Fsp3) is 0.571. The first-order valence-corrected chi connectivity index (χ1v) is 6.15. The van der Waals surface area contributed by atoms with Crippen molar-refractivity contribution in [3.8, 4) is 5.75 Å². The fourth-order valence-corrected chi connectivity index (χ4v) is 2.50. The van der Waals surface area contributed by atoms with E-state index in [2.05, 4.69) is 26.0 Å². The maximum Gasteiger partial charge on any atom is 0.122 e. The van der Waals surface area contributed by atoms with Crippen LogP contribution in [0.25, 0.3) is 0 Å². The Morgan fingerprint density at radius 3 is 2.41 bits per heavy atom. The number of hydrogen-bond donors (Lipinski definition) is 2. The molecule has 17 heavy (non-hydrogen) atoms. The Labute approximate surface area is 103 Å². The highest BCUT2D eigenvalue weighted by Gasteiger charge is 2.47. The summed E-state index contributed by atoms with van der Waals surface area (Å²) in [4.78, 5) is 0. The second-order valence-corrected chi connectivity index (χ2v) is 5.22. The molecule has 1 fully saturated rings. The Bertz CT molecular complexity index is 424. The minimum absolute atomic E-state index is 0.0529. The highest BCUT2D eigenvalue weighted by molar-refractivity contribution is 5.43. The Hall–Kier alpha value is -1.06. The van der Waals surface area contributed by atoms with Crippen molar-refractivity contribution in [2.24, 2.45) is 16.9 Å². The van der Waals surface area contributed by atoms with Gasteiger partial charge in [0.25, 0.3) is 0 Å². The van der Waals surface area contributed by atoms with Crippen LogP contribution in [0.5, 0.6) is 5.75 Å². The number of benzene rings is 1. The van der Waals surface area contributed by atoms with Crippen molar-refractivity contribution < 1.29 is 4.74 Å². The van der Waals surface area contributed by atoms with Crippen LogP contribution in [0.2, 0.25) is 0 Å². The monoisotopic (exact) mass is 234 g/mol. The molecule has 0 amide bonds. The van der Waals surface area contributed by atoms with Gasteiger partial charge >= 0.3 is 0 Å². The highest BCUT2D eigenvalue weighted by atomic mass is 16.5. The third kappa shape index (κ3) is 2.05. The molecular weight excluding hydrogens is 212 g/mol. The standard InChI is InChI=1S/C14H22N2O/c1-9-7-12(17-3)10(2)6-11(9)13(16)14(8-15)4-5-14/h6-7,13H,4-5,8,15-16H2,1-3H3. The number of rotatable bonds is 4. The van der Waals surface area contributed by atoms with Gasteiger partial charge in [0, 0.05) is 11.5 Å². The lowest BCUT2D eigenvalue weighted by Crippen LogP contribution is -2.30. The predicted octanol–water partition coefficient (Wildman–Crippen LogP) is 2.05. The van der Waals surface area contributed by atoms with Crippen LogP contribution in [0.15, 0.2) is 12.1 Å². The third-order valence-corrected chi connectivity index (χ3v) is 4.08. The van der Waals surface area contributed by atoms with E-state index in [-0.39, 0.29) is 11.5 Å². The molecule has 1 aliphatic rings. The second kappa shape index (κ2) is 4.31. The number of ether oxygens (including phenoxy) is 1. The molecule has 1 aromatic carbocycles. The summed E-state index contributed by atoms with van der Waals surface area (Å²) >= 11 is 0. The van der Waals surface area contributed by atoms with Gasteiger partial charge in [0.2, 0.25) is 0 Å². The molecular formula is C14H22N2O. The van der Waals surface area contributed by atoms with Gasteiger partial charge < -0.3 is 16.2 Å². The van der Waals surface area contributed by atoms with Gasteiger partial charge in [-0.1, -0.05) is 6.07 Å². The molecule has 0 radical (unpaired) electrons. The van der Waals surface area contributed by atoms with Gasteiger partial charge in [-0.05, 0) is 56.0 Å². The van der Waals surface area contributed by atoms with Crippen LogP contribution in [0, 0.1) is 19.3 Å². The lowest BCUT2D eigenvalue weighted by Gasteiger charge is -2.24. The van der Waals surface area contributed by atoms with E-state index in [1.54, 1.807) is 7.11 Å². The average Bonchev–Trinajstić information content (AvgIpc) is 3.11. The van der Waals surface area contributed by atoms with Crippen molar-refractivity contribution in [1.82, 2.24) is 0 Å². The van der Waals surface area contributed by atoms with Gasteiger partial charge in [-0.25, -0.2) is 0 Å². The van der Waals surface area contributed by atoms with E-state index < -0.39 is 0 Å². The molecule has 1 aliphatic carbocycles. The van der Waals surface area contributed by atoms with Crippen molar-refractivity contribution in [1.29, 1.82) is 0 Å². The van der Waals surface area contributed by atoms with Crippen molar-refractivity contribution >= 4 is 0 Å². The summed E-state index contributed by atoms with van der Waals surface area (Å²) in [5.41, 5.74) is 15.9. The molecule has 3 nitrogen and oxygen atoms in total. The molecule has 0 saturated heterocycles. The summed E-state index contributed by atoms with van der Waals surface area (Å²) in [6.07, 6.45) is 2.30. The van der Waals surface area contributed by atoms with E-state index in [1.165, 1.54) is 11.1 Å². The predicted molar refractivity (Wildman–Crippen MR) is 70.1 cm³/mol. The lowest BCUT2D eigenvalue weighted by atomic mass is 9.87. The summed E-state index contributed by atoms with van der Waals surface area (Å²) in [5.74, 6) is 0.927. The zero-order valence-corrected chi connectivity index (χ0v) is 10.9. The lowest BCUT2D eigenvalue weighted by molar-refractivity contribution is 0.405. The fourth-order valence-electron chi connectivity index (χ4n) is 2.50. The van der Waals surface area contributed by atoms with Crippen molar-refractivity contribution in [2.75, 3.05) is 13.7 Å². The first kappa shape index (κ1) is 12.4. The molecule has 2 rings (SSSR count). The van der Waals surface area contributed by atoms with E-state index in [0.29, 0.717) is 6.54 Å². The molecule has 0 bridgehead atoms. The smallest absolute Gasteiger partial charge is 0.122 e. The maximum absolute atomic E-state index is 6.39. The van der Waals surface area contributed by atoms with E-state index in [9.17, 15) is 0 Å². The molecule has 0 spiro atoms. The summed E-state index contributed by atoms with van der Waals surface area (Å²) in [6.45, 7) is 4.82. The van der Waals surface area contributed by atoms with Gasteiger partial charge in [-0.15, -0.1) is 0 Å². The van der Waals surface area contributed by atoms with Crippen LogP contribution < -0.4 is 16.2 Å². The van der Waals surface area contributed by atoms with Crippen LogP contribution >= 0.6 is 0 Å². The molecule has 94 valence electrons. The molecule has 3 heteroatoms. The largest absolute Gasteiger partial charge is 0.496 e. The van der Waals surface area contributed by atoms with E-state index >= 15 is 0 Å². The first-order chi connectivity index (χ1) is 8.04. The third-order valence-electron chi connectivity index (χ3n) is 4.08. The zero-order chi connectivity index (χ0) is 12.6. The summed E-state index contributed by atoms with van der Waals surface area (Å²) in [6, 6.07) is 4.27. The number of aryl methyl sites for hydroxylation is 2. The Kier molecular flexibility index (Phi) is 3.15. The molecule has 0 heterocycles. The first-order valence-electron chi connectivity index (χ1n) is 6.15. The van der Waals surface area contributed by atoms with Gasteiger partial charge in [0.1, 0.15) is 5.75 Å². The van der Waals surface area contributed by atoms with Crippen molar-refractivity contribution in [3.05, 3.63) is 28.8 Å². The van der Waals surface area contributed by atoms with E-state index in [4.69, 9.17) is 16.2 Å². The molecule has 1 unspecified atom stereocenters. The summed E-state index contributed by atoms with van der Waals surface area (Å²) in [7, 11) is 1.70. The molecule has 4 N–H and O–H groups in total. The minimum Gasteiger partial charge on any atom is -0.496 e. The summed E-state index contributed by atoms with van der Waals surface area (Å²) < 4.78 is 5.32. The Morgan fingerprint density at radius 2 is 1.94 bits per heavy atom. The Morgan fingerprint density at radius 1 is 1.29 bits per heavy atom. The van der Waals surface area contributed by atoms with Gasteiger partial charge in [0.15, 0.2) is 0 Å². The minimum atomic E-state index is 0.0529. The molecule has 1 aromatic rings. The molecule has 0 aliphatic heterocycles. The molecule has 0 aromatic heterocycles. The molecule has 1 atom stereocenters. The van der Waals surface area contributed by atoms with Crippen LogP contribution in [0.4, 0.5) is 0 Å². The number of hydrogen-bond acceptors (Lipinski definition) is 3. The SMILES string of the molecule is COc1cc(C)c(C(N)C2(CN)CC2)cc1C. The van der Waals surface area contributed by atoms with Crippen molar-refractivity contribution in [3.63, 3.8) is 0 Å². The van der Waals surface area contributed by atoms with E-state index in [1.807, 2.05) is 0 Å². The Balaban J connectivity index is 2.36. The second-order valence-electron chi connectivity index (χ2n) is 5.22. The zero-order valence-electron chi connectivity index (χ0n) is 10.9. The topological polar surface area (TPSA) is 61.3 Å². The molecule has 1 saturated carbocycles. The number of nitrogens with two attached hydrogens (primary N) is 2. The van der Waals surface area contributed by atoms with Crippen LogP contribution in [-0.4, -0.2) is 13.7 Å². The quantitative estimate of drug-likeness (QED) is 0.838. The average molecular weight is 234 g/mol. The number of methoxy groups -OCH3 is 1. The van der Waals surface area contributed by atoms with Gasteiger partial charge in [-0.3, -0.25) is 0 Å². The highest BCUT2D eigenvalue weighted by Crippen LogP contribution is 2.53. The van der Waals surface area contributed by atoms with Crippen LogP contribution in [0.3, 0.4) is 0 Å². The maximum atomic E-state index is 6.39. The summed E-state index contributed by atoms with van der Waals surface area (Å²) in [5, 5.41) is 0. The van der Waals surface area contributed by atoms with Crippen LogP contribution in [-0.2, 0) is 0 Å². The van der Waals surface area contributed by atoms with Crippen LogP contribution in [0.1, 0.15) is 35.6 Å². The van der Waals surface area contributed by atoms with Crippen molar-refractivity contribution in [2.45, 2.75) is 32.7 Å².